The van der Waals surface area contributed by atoms with Gasteiger partial charge >= 0.3 is 6.17 Å². The maximum Gasteiger partial charge on any atom is 0.376 e. The number of sulfonamides is 1. The van der Waals surface area contributed by atoms with Gasteiger partial charge in [0.15, 0.2) is 6.07 Å². The van der Waals surface area contributed by atoms with Crippen molar-refractivity contribution in [3.8, 4) is 6.07 Å². The molecule has 0 saturated heterocycles. The highest BCUT2D eigenvalue weighted by Crippen LogP contribution is 2.10. The molecule has 5 nitrogen and oxygen atoms in total. The number of nitrogens with one attached hydrogen (secondary N) is 1. The summed E-state index contributed by atoms with van der Waals surface area (Å²) in [5, 5.41) is 8.49. The normalized spacial score (nSPS) is 12.4. The minimum Gasteiger partial charge on any atom is -0.279 e. The number of nitrogens with zero attached hydrogens (tertiary/aromatic N) is 2. The molecule has 82 valence electrons. The molecular weight excluding hydrogens is 226 g/mol. The first-order valence-corrected chi connectivity index (χ1v) is 5.83. The lowest BCUT2D eigenvalue weighted by Gasteiger charge is -2.04. The summed E-state index contributed by atoms with van der Waals surface area (Å²) in [6.45, 7) is 8.45. The highest BCUT2D eigenvalue weighted by atomic mass is 32.2. The van der Waals surface area contributed by atoms with Crippen molar-refractivity contribution in [2.45, 2.75) is 18.0 Å². The van der Waals surface area contributed by atoms with Gasteiger partial charge in [-0.3, -0.25) is 4.85 Å². The second-order valence-corrected chi connectivity index (χ2v) is 4.81. The molecule has 0 amide bonds. The van der Waals surface area contributed by atoms with Crippen LogP contribution in [-0.4, -0.2) is 14.6 Å². The fraction of sp³-hybridized carbons (Fsp3) is 0.200. The van der Waals surface area contributed by atoms with Crippen molar-refractivity contribution in [3.05, 3.63) is 41.2 Å². The predicted molar refractivity (Wildman–Crippen MR) is 57.5 cm³/mol. The first kappa shape index (κ1) is 12.2. The van der Waals surface area contributed by atoms with Gasteiger partial charge in [0.2, 0.25) is 10.0 Å². The minimum absolute atomic E-state index is 0.0435. The molecule has 0 aliphatic carbocycles. The molecule has 0 heterocycles. The van der Waals surface area contributed by atoms with Crippen molar-refractivity contribution in [2.24, 2.45) is 0 Å². The zero-order chi connectivity index (χ0) is 12.2. The van der Waals surface area contributed by atoms with E-state index in [0.717, 1.165) is 5.56 Å². The van der Waals surface area contributed by atoms with Crippen LogP contribution in [0.3, 0.4) is 0 Å². The summed E-state index contributed by atoms with van der Waals surface area (Å²) >= 11 is 0. The highest BCUT2D eigenvalue weighted by molar-refractivity contribution is 7.89. The van der Waals surface area contributed by atoms with Crippen molar-refractivity contribution in [2.75, 3.05) is 0 Å². The van der Waals surface area contributed by atoms with E-state index >= 15 is 0 Å². The lowest BCUT2D eigenvalue weighted by molar-refractivity contribution is 0.580. The third-order valence-corrected chi connectivity index (χ3v) is 3.28. The summed E-state index contributed by atoms with van der Waals surface area (Å²) in [5.74, 6) is 0. The van der Waals surface area contributed by atoms with Gasteiger partial charge in [0.05, 0.1) is 4.90 Å². The Morgan fingerprint density at radius 3 is 2.44 bits per heavy atom. The van der Waals surface area contributed by atoms with Gasteiger partial charge in [0, 0.05) is 0 Å². The Bertz CT molecular complexity index is 535. The zero-order valence-electron chi connectivity index (χ0n) is 8.51. The van der Waals surface area contributed by atoms with Gasteiger partial charge in [-0.1, -0.05) is 17.7 Å². The van der Waals surface area contributed by atoms with Gasteiger partial charge in [-0.2, -0.15) is 5.26 Å². The second-order valence-electron chi connectivity index (χ2n) is 3.10. The summed E-state index contributed by atoms with van der Waals surface area (Å²) in [5.41, 5.74) is 0.931. The lowest BCUT2D eigenvalue weighted by atomic mass is 10.2. The maximum absolute atomic E-state index is 11.7. The van der Waals surface area contributed by atoms with Crippen LogP contribution in [0.2, 0.25) is 0 Å². The van der Waals surface area contributed by atoms with Crippen molar-refractivity contribution >= 4 is 10.0 Å². The van der Waals surface area contributed by atoms with Crippen LogP contribution in [0.25, 0.3) is 4.85 Å². The van der Waals surface area contributed by atoms with Gasteiger partial charge in [-0.05, 0) is 19.1 Å². The molecule has 16 heavy (non-hydrogen) atoms. The van der Waals surface area contributed by atoms with E-state index in [9.17, 15) is 8.42 Å². The van der Waals surface area contributed by atoms with Crippen molar-refractivity contribution in [3.63, 3.8) is 0 Å². The molecule has 1 N–H and O–H groups in total. The number of hydrogen-bond donors (Lipinski definition) is 1. The van der Waals surface area contributed by atoms with Crippen molar-refractivity contribution in [1.82, 2.24) is 4.72 Å². The Balaban J connectivity index is 3.01. The van der Waals surface area contributed by atoms with Gasteiger partial charge in [-0.15, -0.1) is 4.72 Å². The van der Waals surface area contributed by atoms with E-state index in [1.807, 2.05) is 11.6 Å². The quantitative estimate of drug-likeness (QED) is 0.795. The van der Waals surface area contributed by atoms with Crippen LogP contribution in [0, 0.1) is 24.8 Å². The van der Waals surface area contributed by atoms with E-state index in [2.05, 4.69) is 4.85 Å². The molecular formula is C10H9N3O2S. The molecule has 1 unspecified atom stereocenters. The first-order chi connectivity index (χ1) is 7.49. The number of hydrogen-bond acceptors (Lipinski definition) is 3. The predicted octanol–water partition coefficient (Wildman–Crippen LogP) is 1.04. The van der Waals surface area contributed by atoms with Crippen molar-refractivity contribution in [1.29, 1.82) is 5.26 Å². The van der Waals surface area contributed by atoms with E-state index in [1.54, 1.807) is 18.2 Å². The minimum atomic E-state index is -3.79. The highest BCUT2D eigenvalue weighted by Gasteiger charge is 2.22. The molecule has 1 aromatic carbocycles. The van der Waals surface area contributed by atoms with Crippen LogP contribution in [0.4, 0.5) is 0 Å². The fourth-order valence-corrected chi connectivity index (χ4v) is 2.04. The molecule has 0 aliphatic heterocycles. The molecule has 0 aliphatic rings. The fourth-order valence-electron chi connectivity index (χ4n) is 1.01. The van der Waals surface area contributed by atoms with Gasteiger partial charge in [-0.25, -0.2) is 15.0 Å². The second kappa shape index (κ2) is 4.75. The summed E-state index contributed by atoms with van der Waals surface area (Å²) in [6, 6.07) is 7.69. The Labute approximate surface area is 94.2 Å². The Hall–Kier alpha value is -1.89. The monoisotopic (exact) mass is 235 g/mol. The number of nitriles is 1. The lowest BCUT2D eigenvalue weighted by Crippen LogP contribution is -2.31. The number of aryl methyl sites for hydroxylation is 1. The summed E-state index contributed by atoms with van der Waals surface area (Å²) in [6.07, 6.45) is -1.38. The van der Waals surface area contributed by atoms with Crippen LogP contribution in [0.5, 0.6) is 0 Å². The Morgan fingerprint density at radius 2 is 2.00 bits per heavy atom. The molecule has 0 radical (unpaired) electrons. The average Bonchev–Trinajstić information content (AvgIpc) is 2.26. The van der Waals surface area contributed by atoms with Gasteiger partial charge < -0.3 is 0 Å². The van der Waals surface area contributed by atoms with Crippen LogP contribution in [0.1, 0.15) is 5.56 Å². The maximum atomic E-state index is 11.7. The SMILES string of the molecule is [C-]#[N+]C(C#N)NS(=O)(=O)c1ccc(C)cc1. The number of rotatable bonds is 3. The molecule has 0 spiro atoms. The molecule has 0 saturated carbocycles. The molecule has 1 atom stereocenters. The van der Waals surface area contributed by atoms with Gasteiger partial charge in [0.1, 0.15) is 0 Å². The Morgan fingerprint density at radius 1 is 1.44 bits per heavy atom. The van der Waals surface area contributed by atoms with E-state index in [0.29, 0.717) is 0 Å². The smallest absolute Gasteiger partial charge is 0.279 e. The standard InChI is InChI=1S/C10H9N3O2S/c1-8-3-5-9(6-4-8)16(14,15)13-10(7-11)12-2/h3-6,10,13H,1H3. The summed E-state index contributed by atoms with van der Waals surface area (Å²) < 4.78 is 25.3. The first-order valence-electron chi connectivity index (χ1n) is 4.35. The zero-order valence-corrected chi connectivity index (χ0v) is 9.32. The molecule has 6 heteroatoms. The topological polar surface area (TPSA) is 74.3 Å². The third-order valence-electron chi connectivity index (χ3n) is 1.85. The molecule has 0 bridgehead atoms. The van der Waals surface area contributed by atoms with E-state index < -0.39 is 16.2 Å². The summed E-state index contributed by atoms with van der Waals surface area (Å²) in [7, 11) is -3.79. The van der Waals surface area contributed by atoms with E-state index in [1.165, 1.54) is 12.1 Å². The third kappa shape index (κ3) is 2.80. The Kier molecular flexibility index (Phi) is 3.62. The number of benzene rings is 1. The molecule has 0 fully saturated rings. The molecule has 0 aromatic heterocycles. The van der Waals surface area contributed by atoms with Gasteiger partial charge in [0.25, 0.3) is 0 Å². The largest absolute Gasteiger partial charge is 0.376 e. The molecule has 1 rings (SSSR count). The van der Waals surface area contributed by atoms with Crippen LogP contribution in [-0.2, 0) is 10.0 Å². The van der Waals surface area contributed by atoms with E-state index in [-0.39, 0.29) is 4.90 Å². The van der Waals surface area contributed by atoms with Crippen LogP contribution in [0.15, 0.2) is 29.2 Å². The molecule has 1 aromatic rings. The summed E-state index contributed by atoms with van der Waals surface area (Å²) in [4.78, 5) is 2.88. The average molecular weight is 235 g/mol. The van der Waals surface area contributed by atoms with Crippen LogP contribution < -0.4 is 4.72 Å². The van der Waals surface area contributed by atoms with E-state index in [4.69, 9.17) is 11.8 Å². The van der Waals surface area contributed by atoms with Crippen molar-refractivity contribution < 1.29 is 8.42 Å². The van der Waals surface area contributed by atoms with Crippen LogP contribution >= 0.6 is 0 Å².